The molecule has 0 saturated heterocycles. The maximum atomic E-state index is 13.8. The Kier molecular flexibility index (Phi) is 4.64. The molecule has 0 radical (unpaired) electrons. The minimum atomic E-state index is -1.06. The number of carboxylic acids is 1. The van der Waals surface area contributed by atoms with E-state index in [1.807, 2.05) is 0 Å². The lowest BCUT2D eigenvalue weighted by Gasteiger charge is -2.02. The molecule has 7 heteroatoms. The molecule has 1 N–H and O–H groups in total. The topological polar surface area (TPSA) is 63.1 Å². The summed E-state index contributed by atoms with van der Waals surface area (Å²) in [6, 6.07) is 4.64. The zero-order chi connectivity index (χ0) is 13.7. The van der Waals surface area contributed by atoms with Crippen molar-refractivity contribution in [3.63, 3.8) is 0 Å². The highest BCUT2D eigenvalue weighted by Gasteiger charge is 2.05. The quantitative estimate of drug-likeness (QED) is 0.678. The lowest BCUT2D eigenvalue weighted by Crippen LogP contribution is -1.90. The number of hydrogen-bond donors (Lipinski definition) is 1. The highest BCUT2D eigenvalue weighted by molar-refractivity contribution is 8.00. The molecule has 2 aromatic rings. The fourth-order valence-electron chi connectivity index (χ4n) is 1.32. The molecule has 0 spiro atoms. The van der Waals surface area contributed by atoms with E-state index in [9.17, 15) is 9.18 Å². The van der Waals surface area contributed by atoms with E-state index in [1.165, 1.54) is 41.8 Å². The van der Waals surface area contributed by atoms with Crippen LogP contribution in [0.3, 0.4) is 0 Å². The van der Waals surface area contributed by atoms with Gasteiger partial charge in [0.05, 0.1) is 0 Å². The van der Waals surface area contributed by atoms with Crippen LogP contribution in [0.4, 0.5) is 4.39 Å². The fourth-order valence-corrected chi connectivity index (χ4v) is 2.75. The molecule has 1 heterocycles. The third-order valence-corrected chi connectivity index (χ3v) is 4.03. The van der Waals surface area contributed by atoms with Gasteiger partial charge in [0.25, 0.3) is 0 Å². The minimum Gasteiger partial charge on any atom is -0.478 e. The van der Waals surface area contributed by atoms with Crippen LogP contribution in [0.1, 0.15) is 11.1 Å². The van der Waals surface area contributed by atoms with Crippen LogP contribution < -0.4 is 0 Å². The Balaban J connectivity index is 2.04. The summed E-state index contributed by atoms with van der Waals surface area (Å²) in [6.45, 7) is 0. The first-order valence-electron chi connectivity index (χ1n) is 5.24. The molecular formula is C12H9FN2O2S2. The summed E-state index contributed by atoms with van der Waals surface area (Å²) in [5, 5.41) is 8.49. The summed E-state index contributed by atoms with van der Waals surface area (Å²) in [6.07, 6.45) is 3.79. The minimum absolute atomic E-state index is 0.357. The molecule has 19 heavy (non-hydrogen) atoms. The molecule has 0 unspecified atom stereocenters. The molecule has 0 aliphatic carbocycles. The molecule has 0 amide bonds. The molecule has 0 aliphatic heterocycles. The molecule has 0 bridgehead atoms. The number of carboxylic acid groups (broad SMARTS) is 1. The van der Waals surface area contributed by atoms with Crippen molar-refractivity contribution in [1.82, 2.24) is 9.36 Å². The third kappa shape index (κ3) is 4.15. The Morgan fingerprint density at radius 2 is 2.37 bits per heavy atom. The fraction of sp³-hybridized carbons (Fsp3) is 0.0833. The SMILES string of the molecule is O=C(O)C=Cc1ccc(CSc2ncns2)c(F)c1. The summed E-state index contributed by atoms with van der Waals surface area (Å²) in [4.78, 5) is 14.4. The van der Waals surface area contributed by atoms with Crippen molar-refractivity contribution in [2.75, 3.05) is 0 Å². The first-order valence-corrected chi connectivity index (χ1v) is 7.00. The molecule has 0 fully saturated rings. The van der Waals surface area contributed by atoms with Crippen LogP contribution in [0.25, 0.3) is 6.08 Å². The highest BCUT2D eigenvalue weighted by atomic mass is 32.2. The van der Waals surface area contributed by atoms with Crippen LogP contribution in [0, 0.1) is 5.82 Å². The van der Waals surface area contributed by atoms with Gasteiger partial charge in [0.2, 0.25) is 0 Å². The van der Waals surface area contributed by atoms with Gasteiger partial charge in [0, 0.05) is 11.8 Å². The number of benzene rings is 1. The van der Waals surface area contributed by atoms with E-state index in [1.54, 1.807) is 12.1 Å². The zero-order valence-electron chi connectivity index (χ0n) is 9.62. The average Bonchev–Trinajstić information content (AvgIpc) is 2.88. The van der Waals surface area contributed by atoms with Gasteiger partial charge < -0.3 is 5.11 Å². The molecular weight excluding hydrogens is 287 g/mol. The molecule has 98 valence electrons. The van der Waals surface area contributed by atoms with Crippen molar-refractivity contribution in [1.29, 1.82) is 0 Å². The van der Waals surface area contributed by atoms with Gasteiger partial charge in [0.15, 0.2) is 4.34 Å². The van der Waals surface area contributed by atoms with E-state index >= 15 is 0 Å². The van der Waals surface area contributed by atoms with Crippen LogP contribution in [0.15, 0.2) is 34.9 Å². The number of rotatable bonds is 5. The van der Waals surface area contributed by atoms with Crippen LogP contribution in [-0.4, -0.2) is 20.4 Å². The number of carbonyl (C=O) groups is 1. The van der Waals surface area contributed by atoms with Crippen molar-refractivity contribution in [2.24, 2.45) is 0 Å². The van der Waals surface area contributed by atoms with Crippen LogP contribution >= 0.6 is 23.3 Å². The molecule has 2 rings (SSSR count). The third-order valence-electron chi connectivity index (χ3n) is 2.19. The van der Waals surface area contributed by atoms with E-state index < -0.39 is 5.97 Å². The first-order chi connectivity index (χ1) is 9.15. The van der Waals surface area contributed by atoms with Crippen LogP contribution in [-0.2, 0) is 10.5 Å². The standard InChI is InChI=1S/C12H9FN2O2S2/c13-10-5-8(2-4-11(16)17)1-3-9(10)6-18-12-14-7-15-19-12/h1-5,7H,6H2,(H,16,17). The van der Waals surface area contributed by atoms with Gasteiger partial charge in [-0.05, 0) is 34.8 Å². The Bertz CT molecular complexity index is 600. The lowest BCUT2D eigenvalue weighted by atomic mass is 10.1. The normalized spacial score (nSPS) is 11.0. The number of nitrogens with zero attached hydrogens (tertiary/aromatic N) is 2. The van der Waals surface area contributed by atoms with E-state index in [0.717, 1.165) is 10.4 Å². The average molecular weight is 296 g/mol. The van der Waals surface area contributed by atoms with Gasteiger partial charge in [-0.3, -0.25) is 0 Å². The number of halogens is 1. The maximum absolute atomic E-state index is 13.8. The first kappa shape index (κ1) is 13.7. The Morgan fingerprint density at radius 3 is 3.00 bits per heavy atom. The molecule has 0 atom stereocenters. The number of aromatic nitrogens is 2. The summed E-state index contributed by atoms with van der Waals surface area (Å²) >= 11 is 2.68. The van der Waals surface area contributed by atoms with Crippen molar-refractivity contribution in [3.05, 3.63) is 47.5 Å². The highest BCUT2D eigenvalue weighted by Crippen LogP contribution is 2.25. The van der Waals surface area contributed by atoms with Gasteiger partial charge in [0.1, 0.15) is 12.1 Å². The molecule has 0 aliphatic rings. The van der Waals surface area contributed by atoms with E-state index in [2.05, 4.69) is 9.36 Å². The maximum Gasteiger partial charge on any atom is 0.328 e. The molecule has 0 saturated carbocycles. The van der Waals surface area contributed by atoms with E-state index in [4.69, 9.17) is 5.11 Å². The summed E-state index contributed by atoms with van der Waals surface area (Å²) < 4.78 is 18.4. The van der Waals surface area contributed by atoms with Crippen molar-refractivity contribution < 1.29 is 14.3 Å². The Hall–Kier alpha value is -1.73. The number of thioether (sulfide) groups is 1. The van der Waals surface area contributed by atoms with Crippen molar-refractivity contribution >= 4 is 35.3 Å². The zero-order valence-corrected chi connectivity index (χ0v) is 11.2. The van der Waals surface area contributed by atoms with Crippen LogP contribution in [0.5, 0.6) is 0 Å². The molecule has 4 nitrogen and oxygen atoms in total. The second-order valence-electron chi connectivity index (χ2n) is 3.52. The van der Waals surface area contributed by atoms with Gasteiger partial charge >= 0.3 is 5.97 Å². The van der Waals surface area contributed by atoms with Gasteiger partial charge in [-0.15, -0.1) is 0 Å². The smallest absolute Gasteiger partial charge is 0.328 e. The summed E-state index contributed by atoms with van der Waals surface area (Å²) in [7, 11) is 0. The lowest BCUT2D eigenvalue weighted by molar-refractivity contribution is -0.131. The van der Waals surface area contributed by atoms with E-state index in [0.29, 0.717) is 16.9 Å². The number of aliphatic carboxylic acids is 1. The van der Waals surface area contributed by atoms with Crippen molar-refractivity contribution in [2.45, 2.75) is 10.1 Å². The molecule has 1 aromatic heterocycles. The predicted molar refractivity (Wildman–Crippen MR) is 72.5 cm³/mol. The second-order valence-corrected chi connectivity index (χ2v) is 5.52. The van der Waals surface area contributed by atoms with Crippen LogP contribution in [0.2, 0.25) is 0 Å². The molecule has 1 aromatic carbocycles. The number of hydrogen-bond acceptors (Lipinski definition) is 5. The Labute approximate surface area is 117 Å². The van der Waals surface area contributed by atoms with Gasteiger partial charge in [-0.1, -0.05) is 23.9 Å². The Morgan fingerprint density at radius 1 is 1.53 bits per heavy atom. The monoisotopic (exact) mass is 296 g/mol. The van der Waals surface area contributed by atoms with E-state index in [-0.39, 0.29) is 5.82 Å². The van der Waals surface area contributed by atoms with Crippen molar-refractivity contribution in [3.8, 4) is 0 Å². The van der Waals surface area contributed by atoms with Gasteiger partial charge in [-0.2, -0.15) is 4.37 Å². The predicted octanol–water partition coefficient (Wildman–Crippen LogP) is 3.07. The summed E-state index contributed by atoms with van der Waals surface area (Å²) in [5.41, 5.74) is 1.07. The second kappa shape index (κ2) is 6.44. The largest absolute Gasteiger partial charge is 0.478 e. The summed E-state index contributed by atoms with van der Waals surface area (Å²) in [5.74, 6) is -0.954. The van der Waals surface area contributed by atoms with Gasteiger partial charge in [-0.25, -0.2) is 14.2 Å².